The van der Waals surface area contributed by atoms with Gasteiger partial charge in [0.15, 0.2) is 0 Å². The largest absolute Gasteiger partial charge is 0.444 e. The van der Waals surface area contributed by atoms with E-state index in [4.69, 9.17) is 4.74 Å². The Morgan fingerprint density at radius 2 is 2.10 bits per heavy atom. The molecule has 0 bridgehead atoms. The zero-order valence-electron chi connectivity index (χ0n) is 14.2. The summed E-state index contributed by atoms with van der Waals surface area (Å²) in [4.78, 5) is 14.0. The first-order chi connectivity index (χ1) is 9.85. The molecule has 0 aliphatic carbocycles. The van der Waals surface area contributed by atoms with E-state index >= 15 is 0 Å². The van der Waals surface area contributed by atoms with E-state index in [1.807, 2.05) is 25.7 Å². The fourth-order valence-corrected chi connectivity index (χ4v) is 3.59. The van der Waals surface area contributed by atoms with E-state index in [1.54, 1.807) is 0 Å². The van der Waals surface area contributed by atoms with Crippen LogP contribution in [0, 0.1) is 17.8 Å². The van der Waals surface area contributed by atoms with Gasteiger partial charge in [0.05, 0.1) is 0 Å². The van der Waals surface area contributed by atoms with Crippen molar-refractivity contribution < 1.29 is 9.53 Å². The highest BCUT2D eigenvalue weighted by molar-refractivity contribution is 5.68. The molecule has 2 rings (SSSR count). The van der Waals surface area contributed by atoms with Crippen LogP contribution in [0.1, 0.15) is 53.4 Å². The maximum absolute atomic E-state index is 12.1. The Morgan fingerprint density at radius 1 is 1.33 bits per heavy atom. The van der Waals surface area contributed by atoms with Crippen LogP contribution in [-0.2, 0) is 4.74 Å². The minimum absolute atomic E-state index is 0.146. The molecule has 4 nitrogen and oxygen atoms in total. The van der Waals surface area contributed by atoms with E-state index in [2.05, 4.69) is 12.2 Å². The van der Waals surface area contributed by atoms with Crippen molar-refractivity contribution in [3.05, 3.63) is 0 Å². The molecule has 3 unspecified atom stereocenters. The lowest BCUT2D eigenvalue weighted by Crippen LogP contribution is -2.45. The Balaban J connectivity index is 1.79. The zero-order chi connectivity index (χ0) is 15.5. The van der Waals surface area contributed by atoms with Gasteiger partial charge in [-0.25, -0.2) is 4.79 Å². The number of nitrogens with zero attached hydrogens (tertiary/aromatic N) is 1. The van der Waals surface area contributed by atoms with Gasteiger partial charge in [0.25, 0.3) is 0 Å². The summed E-state index contributed by atoms with van der Waals surface area (Å²) < 4.78 is 5.49. The van der Waals surface area contributed by atoms with E-state index < -0.39 is 5.60 Å². The molecule has 2 heterocycles. The predicted molar refractivity (Wildman–Crippen MR) is 85.3 cm³/mol. The van der Waals surface area contributed by atoms with Crippen LogP contribution in [0.25, 0.3) is 0 Å². The summed E-state index contributed by atoms with van der Waals surface area (Å²) in [6.07, 6.45) is 4.97. The first-order valence-electron chi connectivity index (χ1n) is 8.54. The van der Waals surface area contributed by atoms with Gasteiger partial charge in [-0.05, 0) is 77.3 Å². The number of nitrogens with one attached hydrogen (secondary N) is 1. The number of hydrogen-bond donors (Lipinski definition) is 1. The third-order valence-corrected chi connectivity index (χ3v) is 4.77. The Hall–Kier alpha value is -0.770. The summed E-state index contributed by atoms with van der Waals surface area (Å²) in [5.74, 6) is 2.17. The third-order valence-electron chi connectivity index (χ3n) is 4.77. The van der Waals surface area contributed by atoms with Crippen LogP contribution >= 0.6 is 0 Å². The van der Waals surface area contributed by atoms with Gasteiger partial charge in [0, 0.05) is 13.1 Å². The summed E-state index contributed by atoms with van der Waals surface area (Å²) in [6, 6.07) is 0. The normalized spacial score (nSPS) is 31.0. The molecule has 1 amide bonds. The van der Waals surface area contributed by atoms with Gasteiger partial charge in [-0.1, -0.05) is 6.92 Å². The highest BCUT2D eigenvalue weighted by Crippen LogP contribution is 2.31. The van der Waals surface area contributed by atoms with Gasteiger partial charge in [0.2, 0.25) is 0 Å². The second-order valence-corrected chi connectivity index (χ2v) is 7.90. The minimum Gasteiger partial charge on any atom is -0.444 e. The Labute approximate surface area is 129 Å². The van der Waals surface area contributed by atoms with Gasteiger partial charge in [0.1, 0.15) is 5.60 Å². The predicted octanol–water partition coefficient (Wildman–Crippen LogP) is 3.27. The highest BCUT2D eigenvalue weighted by Gasteiger charge is 2.32. The molecule has 2 saturated heterocycles. The lowest BCUT2D eigenvalue weighted by molar-refractivity contribution is 0.00975. The van der Waals surface area contributed by atoms with Gasteiger partial charge >= 0.3 is 6.09 Å². The van der Waals surface area contributed by atoms with E-state index in [0.717, 1.165) is 31.3 Å². The van der Waals surface area contributed by atoms with Crippen LogP contribution in [0.4, 0.5) is 4.79 Å². The maximum atomic E-state index is 12.1. The molecule has 3 atom stereocenters. The molecular weight excluding hydrogens is 264 g/mol. The number of carbonyl (C=O) groups is 1. The van der Waals surface area contributed by atoms with Crippen LogP contribution in [0.15, 0.2) is 0 Å². The van der Waals surface area contributed by atoms with Crippen molar-refractivity contribution in [2.24, 2.45) is 17.8 Å². The molecule has 1 N–H and O–H groups in total. The number of ether oxygens (including phenoxy) is 1. The number of hydrogen-bond acceptors (Lipinski definition) is 3. The average molecular weight is 296 g/mol. The number of carbonyl (C=O) groups excluding carboxylic acids is 1. The van der Waals surface area contributed by atoms with Gasteiger partial charge in [-0.15, -0.1) is 0 Å². The van der Waals surface area contributed by atoms with E-state index in [1.165, 1.54) is 32.4 Å². The van der Waals surface area contributed by atoms with Crippen molar-refractivity contribution in [3.63, 3.8) is 0 Å². The van der Waals surface area contributed by atoms with Crippen molar-refractivity contribution in [2.45, 2.75) is 59.0 Å². The number of amides is 1. The molecule has 21 heavy (non-hydrogen) atoms. The lowest BCUT2D eigenvalue weighted by Gasteiger charge is -2.39. The molecule has 0 aromatic carbocycles. The second-order valence-electron chi connectivity index (χ2n) is 7.90. The summed E-state index contributed by atoms with van der Waals surface area (Å²) in [5.41, 5.74) is -0.398. The van der Waals surface area contributed by atoms with Crippen molar-refractivity contribution in [3.8, 4) is 0 Å². The topological polar surface area (TPSA) is 41.6 Å². The Kier molecular flexibility index (Phi) is 5.53. The number of likely N-dealkylation sites (tertiary alicyclic amines) is 1. The van der Waals surface area contributed by atoms with Crippen LogP contribution in [-0.4, -0.2) is 42.8 Å². The minimum atomic E-state index is -0.398. The fourth-order valence-electron chi connectivity index (χ4n) is 3.59. The van der Waals surface area contributed by atoms with Gasteiger partial charge < -0.3 is 15.0 Å². The third kappa shape index (κ3) is 5.17. The molecule has 4 heteroatoms. The zero-order valence-corrected chi connectivity index (χ0v) is 14.2. The van der Waals surface area contributed by atoms with E-state index in [0.29, 0.717) is 5.92 Å². The summed E-state index contributed by atoms with van der Waals surface area (Å²) in [7, 11) is 0. The first-order valence-corrected chi connectivity index (χ1v) is 8.54. The summed E-state index contributed by atoms with van der Waals surface area (Å²) in [5, 5.41) is 3.51. The molecule has 0 aromatic rings. The standard InChI is InChI=1S/C17H32N2O2/c1-13-12-19(16(20)21-17(2,3)4)9-7-15(13)10-14-6-5-8-18-11-14/h13-15,18H,5-12H2,1-4H3. The van der Waals surface area contributed by atoms with Crippen molar-refractivity contribution in [1.29, 1.82) is 0 Å². The Bertz CT molecular complexity index is 345. The monoisotopic (exact) mass is 296 g/mol. The van der Waals surface area contributed by atoms with Crippen LogP contribution in [0.5, 0.6) is 0 Å². The van der Waals surface area contributed by atoms with Gasteiger partial charge in [-0.2, -0.15) is 0 Å². The second kappa shape index (κ2) is 6.99. The highest BCUT2D eigenvalue weighted by atomic mass is 16.6. The average Bonchev–Trinajstić information content (AvgIpc) is 2.40. The van der Waals surface area contributed by atoms with Gasteiger partial charge in [-0.3, -0.25) is 0 Å². The SMILES string of the molecule is CC1CN(C(=O)OC(C)(C)C)CCC1CC1CCCNC1. The lowest BCUT2D eigenvalue weighted by atomic mass is 9.78. The molecule has 2 aliphatic heterocycles. The molecule has 2 aliphatic rings. The van der Waals surface area contributed by atoms with E-state index in [-0.39, 0.29) is 6.09 Å². The van der Waals surface area contributed by atoms with Crippen molar-refractivity contribution in [1.82, 2.24) is 10.2 Å². The molecule has 0 radical (unpaired) electrons. The molecule has 0 saturated carbocycles. The summed E-state index contributed by atoms with van der Waals surface area (Å²) >= 11 is 0. The van der Waals surface area contributed by atoms with E-state index in [9.17, 15) is 4.79 Å². The maximum Gasteiger partial charge on any atom is 0.410 e. The smallest absolute Gasteiger partial charge is 0.410 e. The Morgan fingerprint density at radius 3 is 2.67 bits per heavy atom. The fraction of sp³-hybridized carbons (Fsp3) is 0.941. The number of piperidine rings is 2. The molecule has 2 fully saturated rings. The van der Waals surface area contributed by atoms with Crippen LogP contribution in [0.2, 0.25) is 0 Å². The first kappa shape index (κ1) is 16.6. The molecular formula is C17H32N2O2. The van der Waals surface area contributed by atoms with Crippen LogP contribution in [0.3, 0.4) is 0 Å². The van der Waals surface area contributed by atoms with Crippen LogP contribution < -0.4 is 5.32 Å². The molecule has 0 aromatic heterocycles. The van der Waals surface area contributed by atoms with Crippen molar-refractivity contribution in [2.75, 3.05) is 26.2 Å². The quantitative estimate of drug-likeness (QED) is 0.850. The molecule has 122 valence electrons. The summed E-state index contributed by atoms with van der Waals surface area (Å²) in [6.45, 7) is 12.1. The molecule has 0 spiro atoms. The number of rotatable bonds is 2. The van der Waals surface area contributed by atoms with Crippen molar-refractivity contribution >= 4 is 6.09 Å².